The standard InChI is InChI=1S/C34H38N2O5S/c1-34(2,3)23-14-11-20(12-15-23)27-28(31(37)26-10-7-17-42-26)29(22-13-16-24-25(18-22)41-19-40-24)36(30(27)32(35)38)33(39)21-8-5-4-6-9-21/h7,10-18,21,27-30H,4-6,8-9,19H2,1-3H3,(H2,35,38). The fourth-order valence-corrected chi connectivity index (χ4v) is 7.72. The monoisotopic (exact) mass is 586 g/mol. The maximum Gasteiger partial charge on any atom is 0.240 e. The van der Waals surface area contributed by atoms with Gasteiger partial charge in [0.2, 0.25) is 18.6 Å². The average molecular weight is 587 g/mol. The van der Waals surface area contributed by atoms with Gasteiger partial charge in [0.1, 0.15) is 6.04 Å². The number of hydrogen-bond donors (Lipinski definition) is 1. The Morgan fingerprint density at radius 2 is 1.60 bits per heavy atom. The number of nitrogens with zero attached hydrogens (tertiary/aromatic N) is 1. The SMILES string of the molecule is CC(C)(C)c1ccc(C2C(C(=O)c3cccs3)C(c3ccc4c(c3)OCO4)N(C(=O)C3CCCCC3)C2C(N)=O)cc1. The molecule has 220 valence electrons. The molecule has 8 heteroatoms. The number of ketones is 1. The molecule has 3 aliphatic rings. The summed E-state index contributed by atoms with van der Waals surface area (Å²) in [7, 11) is 0. The second kappa shape index (κ2) is 11.2. The Morgan fingerprint density at radius 3 is 2.24 bits per heavy atom. The number of thiophene rings is 1. The van der Waals surface area contributed by atoms with E-state index in [2.05, 4.69) is 32.9 Å². The number of carbonyl (C=O) groups is 3. The normalized spacial score (nSPS) is 24.1. The van der Waals surface area contributed by atoms with Crippen molar-refractivity contribution in [2.45, 2.75) is 76.3 Å². The highest BCUT2D eigenvalue weighted by molar-refractivity contribution is 7.12. The van der Waals surface area contributed by atoms with Crippen LogP contribution in [0, 0.1) is 11.8 Å². The molecular weight excluding hydrogens is 548 g/mol. The van der Waals surface area contributed by atoms with Gasteiger partial charge in [-0.2, -0.15) is 0 Å². The van der Waals surface area contributed by atoms with Gasteiger partial charge in [-0.3, -0.25) is 14.4 Å². The molecule has 6 rings (SSSR count). The lowest BCUT2D eigenvalue weighted by atomic mass is 9.76. The fraction of sp³-hybridized carbons (Fsp3) is 0.441. The topological polar surface area (TPSA) is 98.9 Å². The highest BCUT2D eigenvalue weighted by Crippen LogP contribution is 2.53. The molecule has 4 atom stereocenters. The van der Waals surface area contributed by atoms with Crippen LogP contribution in [0.3, 0.4) is 0 Å². The van der Waals surface area contributed by atoms with Crippen LogP contribution in [0.1, 0.15) is 91.2 Å². The third kappa shape index (κ3) is 5.10. The number of primary amides is 1. The molecule has 3 aromatic rings. The molecule has 4 unspecified atom stereocenters. The molecule has 2 N–H and O–H groups in total. The predicted octanol–water partition coefficient (Wildman–Crippen LogP) is 6.37. The summed E-state index contributed by atoms with van der Waals surface area (Å²) in [6.45, 7) is 6.55. The van der Waals surface area contributed by atoms with Gasteiger partial charge in [-0.05, 0) is 58.5 Å². The molecule has 3 heterocycles. The molecule has 2 aliphatic heterocycles. The zero-order valence-electron chi connectivity index (χ0n) is 24.4. The molecule has 7 nitrogen and oxygen atoms in total. The van der Waals surface area contributed by atoms with Crippen molar-refractivity contribution in [2.24, 2.45) is 17.6 Å². The summed E-state index contributed by atoms with van der Waals surface area (Å²) in [4.78, 5) is 44.8. The van der Waals surface area contributed by atoms with E-state index in [1.807, 2.05) is 47.8 Å². The first kappa shape index (κ1) is 28.5. The molecule has 1 aromatic heterocycles. The van der Waals surface area contributed by atoms with Crippen molar-refractivity contribution in [3.8, 4) is 11.5 Å². The average Bonchev–Trinajstić information content (AvgIpc) is 3.75. The molecule has 0 spiro atoms. The van der Waals surface area contributed by atoms with Crippen molar-refractivity contribution in [1.82, 2.24) is 4.90 Å². The third-order valence-corrected chi connectivity index (χ3v) is 10.0. The predicted molar refractivity (Wildman–Crippen MR) is 162 cm³/mol. The van der Waals surface area contributed by atoms with E-state index in [0.29, 0.717) is 16.4 Å². The highest BCUT2D eigenvalue weighted by Gasteiger charge is 2.57. The number of likely N-dealkylation sites (tertiary alicyclic amines) is 1. The van der Waals surface area contributed by atoms with Gasteiger partial charge in [-0.15, -0.1) is 11.3 Å². The number of ether oxygens (including phenoxy) is 2. The zero-order valence-corrected chi connectivity index (χ0v) is 25.2. The van der Waals surface area contributed by atoms with Gasteiger partial charge in [-0.25, -0.2) is 0 Å². The van der Waals surface area contributed by atoms with Gasteiger partial charge in [-0.1, -0.05) is 76.4 Å². The van der Waals surface area contributed by atoms with Crippen molar-refractivity contribution in [2.75, 3.05) is 6.79 Å². The fourth-order valence-electron chi connectivity index (χ4n) is 7.01. The summed E-state index contributed by atoms with van der Waals surface area (Å²) < 4.78 is 11.3. The summed E-state index contributed by atoms with van der Waals surface area (Å²) in [5.41, 5.74) is 8.84. The number of fused-ring (bicyclic) bond motifs is 1. The Labute approximate surface area is 251 Å². The minimum atomic E-state index is -0.982. The third-order valence-electron chi connectivity index (χ3n) is 9.13. The Hall–Kier alpha value is -3.65. The van der Waals surface area contributed by atoms with E-state index in [0.717, 1.165) is 48.8 Å². The second-order valence-corrected chi connectivity index (χ2v) is 13.7. The summed E-state index contributed by atoms with van der Waals surface area (Å²) in [6, 6.07) is 15.7. The lowest BCUT2D eigenvalue weighted by Crippen LogP contribution is -2.49. The van der Waals surface area contributed by atoms with E-state index in [1.54, 1.807) is 4.90 Å². The van der Waals surface area contributed by atoms with Gasteiger partial charge in [0.05, 0.1) is 16.8 Å². The van der Waals surface area contributed by atoms with Crippen LogP contribution in [0.4, 0.5) is 0 Å². The van der Waals surface area contributed by atoms with E-state index in [9.17, 15) is 14.4 Å². The van der Waals surface area contributed by atoms with E-state index < -0.39 is 29.8 Å². The number of hydrogen-bond acceptors (Lipinski definition) is 6. The first-order valence-electron chi connectivity index (χ1n) is 14.8. The molecular formula is C34H38N2O5S. The van der Waals surface area contributed by atoms with Crippen molar-refractivity contribution < 1.29 is 23.9 Å². The smallest absolute Gasteiger partial charge is 0.240 e. The van der Waals surface area contributed by atoms with Crippen LogP contribution >= 0.6 is 11.3 Å². The van der Waals surface area contributed by atoms with Crippen LogP contribution in [0.2, 0.25) is 0 Å². The van der Waals surface area contributed by atoms with E-state index in [1.165, 1.54) is 11.3 Å². The quantitative estimate of drug-likeness (QED) is 0.338. The van der Waals surface area contributed by atoms with Crippen LogP contribution in [0.15, 0.2) is 60.0 Å². The Balaban J connectivity index is 1.55. The first-order valence-corrected chi connectivity index (χ1v) is 15.7. The van der Waals surface area contributed by atoms with Crippen LogP contribution in [0.5, 0.6) is 11.5 Å². The van der Waals surface area contributed by atoms with Gasteiger partial charge in [0, 0.05) is 11.8 Å². The molecule has 1 aliphatic carbocycles. The minimum Gasteiger partial charge on any atom is -0.454 e. The van der Waals surface area contributed by atoms with Crippen molar-refractivity contribution in [3.05, 3.63) is 81.5 Å². The highest BCUT2D eigenvalue weighted by atomic mass is 32.1. The molecule has 1 saturated carbocycles. The number of benzene rings is 2. The molecule has 2 fully saturated rings. The Kier molecular flexibility index (Phi) is 7.60. The van der Waals surface area contributed by atoms with Crippen molar-refractivity contribution >= 4 is 28.9 Å². The maximum absolute atomic E-state index is 14.5. The lowest BCUT2D eigenvalue weighted by molar-refractivity contribution is -0.144. The molecule has 0 bridgehead atoms. The largest absolute Gasteiger partial charge is 0.454 e. The van der Waals surface area contributed by atoms with Gasteiger partial charge >= 0.3 is 0 Å². The van der Waals surface area contributed by atoms with Crippen molar-refractivity contribution in [3.63, 3.8) is 0 Å². The van der Waals surface area contributed by atoms with Gasteiger partial charge in [0.25, 0.3) is 0 Å². The molecule has 2 aromatic carbocycles. The Morgan fingerprint density at radius 1 is 0.905 bits per heavy atom. The van der Waals surface area contributed by atoms with E-state index in [-0.39, 0.29) is 29.8 Å². The summed E-state index contributed by atoms with van der Waals surface area (Å²) in [5.74, 6) is -1.17. The number of rotatable bonds is 6. The first-order chi connectivity index (χ1) is 20.1. The zero-order chi connectivity index (χ0) is 29.6. The summed E-state index contributed by atoms with van der Waals surface area (Å²) in [5, 5.41) is 1.88. The minimum absolute atomic E-state index is 0.0680. The number of Topliss-reactive ketones (excluding diaryl/α,β-unsaturated/α-hetero) is 1. The van der Waals surface area contributed by atoms with Crippen molar-refractivity contribution in [1.29, 1.82) is 0 Å². The molecule has 42 heavy (non-hydrogen) atoms. The molecule has 2 amide bonds. The number of nitrogens with two attached hydrogens (primary N) is 1. The second-order valence-electron chi connectivity index (χ2n) is 12.8. The van der Waals surface area contributed by atoms with Crippen LogP contribution in [-0.2, 0) is 15.0 Å². The summed E-state index contributed by atoms with van der Waals surface area (Å²) in [6.07, 6.45) is 4.56. The maximum atomic E-state index is 14.5. The van der Waals surface area contributed by atoms with Gasteiger partial charge in [0.15, 0.2) is 17.3 Å². The summed E-state index contributed by atoms with van der Waals surface area (Å²) >= 11 is 1.37. The van der Waals surface area contributed by atoms with Crippen LogP contribution in [0.25, 0.3) is 0 Å². The van der Waals surface area contributed by atoms with E-state index in [4.69, 9.17) is 15.2 Å². The van der Waals surface area contributed by atoms with E-state index >= 15 is 0 Å². The lowest BCUT2D eigenvalue weighted by Gasteiger charge is -2.35. The molecule has 0 radical (unpaired) electrons. The number of carbonyl (C=O) groups excluding carboxylic acids is 3. The van der Waals surface area contributed by atoms with Crippen LogP contribution in [-0.4, -0.2) is 35.3 Å². The molecule has 1 saturated heterocycles. The van der Waals surface area contributed by atoms with Crippen LogP contribution < -0.4 is 15.2 Å². The number of amides is 2. The van der Waals surface area contributed by atoms with Gasteiger partial charge < -0.3 is 20.1 Å². The Bertz CT molecular complexity index is 1470.